The third-order valence-corrected chi connectivity index (χ3v) is 6.97. The zero-order valence-corrected chi connectivity index (χ0v) is 14.3. The summed E-state index contributed by atoms with van der Waals surface area (Å²) in [4.78, 5) is 21.2. The Kier molecular flexibility index (Phi) is 4.43. The van der Waals surface area contributed by atoms with E-state index in [1.165, 1.54) is 8.61 Å². The summed E-state index contributed by atoms with van der Waals surface area (Å²) in [5.74, 6) is 0.0403. The highest BCUT2D eigenvalue weighted by Crippen LogP contribution is 2.34. The van der Waals surface area contributed by atoms with E-state index in [0.29, 0.717) is 32.5 Å². The van der Waals surface area contributed by atoms with Gasteiger partial charge < -0.3 is 9.88 Å². The van der Waals surface area contributed by atoms with Gasteiger partial charge in [-0.1, -0.05) is 6.92 Å². The lowest BCUT2D eigenvalue weighted by molar-refractivity contribution is -0.129. The average Bonchev–Trinajstić information content (AvgIpc) is 3.21. The van der Waals surface area contributed by atoms with Gasteiger partial charge >= 0.3 is 0 Å². The molecule has 1 amide bonds. The van der Waals surface area contributed by atoms with Crippen molar-refractivity contribution >= 4 is 16.1 Å². The molecule has 128 valence electrons. The second-order valence-corrected chi connectivity index (χ2v) is 8.06. The molecule has 2 saturated heterocycles. The van der Waals surface area contributed by atoms with Gasteiger partial charge in [-0.05, 0) is 6.42 Å². The zero-order valence-electron chi connectivity index (χ0n) is 13.5. The number of nitrogens with one attached hydrogen (secondary N) is 1. The van der Waals surface area contributed by atoms with Gasteiger partial charge in [-0.25, -0.2) is 4.98 Å². The fourth-order valence-electron chi connectivity index (χ4n) is 3.47. The molecule has 0 radical (unpaired) electrons. The number of carbonyl (C=O) groups excluding carboxylic acids is 1. The minimum Gasteiger partial charge on any atom is -0.348 e. The molecule has 0 aliphatic carbocycles. The molecule has 8 nitrogen and oxygen atoms in total. The van der Waals surface area contributed by atoms with Crippen LogP contribution in [0.5, 0.6) is 0 Å². The van der Waals surface area contributed by atoms with Crippen molar-refractivity contribution in [3.05, 3.63) is 18.2 Å². The number of hydrogen-bond acceptors (Lipinski definition) is 4. The Morgan fingerprint density at radius 2 is 2.22 bits per heavy atom. The summed E-state index contributed by atoms with van der Waals surface area (Å²) in [7, 11) is -1.90. The number of fused-ring (bicyclic) bond motifs is 1. The highest BCUT2D eigenvalue weighted by molar-refractivity contribution is 7.86. The Morgan fingerprint density at radius 3 is 2.87 bits per heavy atom. The number of likely N-dealkylation sites (tertiary alicyclic amines) is 1. The van der Waals surface area contributed by atoms with Crippen molar-refractivity contribution in [2.24, 2.45) is 0 Å². The summed E-state index contributed by atoms with van der Waals surface area (Å²) in [6, 6.07) is -0.242. The van der Waals surface area contributed by atoms with E-state index in [9.17, 15) is 13.2 Å². The molecule has 2 fully saturated rings. The van der Waals surface area contributed by atoms with Gasteiger partial charge in [0.1, 0.15) is 0 Å². The Bertz CT molecular complexity index is 660. The zero-order chi connectivity index (χ0) is 16.6. The van der Waals surface area contributed by atoms with Crippen molar-refractivity contribution in [2.45, 2.75) is 38.3 Å². The number of aromatic nitrogens is 2. The molecule has 3 rings (SSSR count). The molecule has 0 saturated carbocycles. The van der Waals surface area contributed by atoms with Gasteiger partial charge in [0, 0.05) is 51.4 Å². The van der Waals surface area contributed by atoms with Crippen molar-refractivity contribution in [2.75, 3.05) is 26.7 Å². The normalized spacial score (nSPS) is 25.5. The fourth-order valence-corrected chi connectivity index (χ4v) is 5.05. The van der Waals surface area contributed by atoms with Gasteiger partial charge in [-0.3, -0.25) is 4.79 Å². The number of aromatic amines is 1. The maximum Gasteiger partial charge on any atom is 0.282 e. The van der Waals surface area contributed by atoms with Crippen LogP contribution in [0.4, 0.5) is 0 Å². The van der Waals surface area contributed by atoms with Crippen LogP contribution in [-0.4, -0.2) is 76.6 Å². The molecule has 1 aromatic heterocycles. The van der Waals surface area contributed by atoms with Crippen LogP contribution in [0.2, 0.25) is 0 Å². The Balaban J connectivity index is 1.71. The van der Waals surface area contributed by atoms with Crippen molar-refractivity contribution in [1.82, 2.24) is 23.5 Å². The lowest BCUT2D eigenvalue weighted by Crippen LogP contribution is -2.46. The number of rotatable bonds is 6. The van der Waals surface area contributed by atoms with Crippen molar-refractivity contribution in [3.8, 4) is 0 Å². The predicted octanol–water partition coefficient (Wildman–Crippen LogP) is -0.176. The van der Waals surface area contributed by atoms with Crippen molar-refractivity contribution in [1.29, 1.82) is 0 Å². The molecule has 0 bridgehead atoms. The molecule has 0 aromatic carbocycles. The van der Waals surface area contributed by atoms with E-state index in [0.717, 1.165) is 5.69 Å². The van der Waals surface area contributed by atoms with E-state index < -0.39 is 10.2 Å². The first-order valence-corrected chi connectivity index (χ1v) is 9.34. The van der Waals surface area contributed by atoms with E-state index in [1.54, 1.807) is 19.6 Å². The summed E-state index contributed by atoms with van der Waals surface area (Å²) in [6.45, 7) is 3.31. The molecule has 1 N–H and O–H groups in total. The molecule has 2 aliphatic heterocycles. The highest BCUT2D eigenvalue weighted by atomic mass is 32.2. The first kappa shape index (κ1) is 16.4. The third-order valence-electron chi connectivity index (χ3n) is 4.88. The van der Waals surface area contributed by atoms with Crippen LogP contribution < -0.4 is 0 Å². The lowest BCUT2D eigenvalue weighted by Gasteiger charge is -2.27. The highest BCUT2D eigenvalue weighted by Gasteiger charge is 2.50. The smallest absolute Gasteiger partial charge is 0.282 e. The number of carbonyl (C=O) groups is 1. The van der Waals surface area contributed by atoms with Gasteiger partial charge in [0.2, 0.25) is 5.91 Å². The summed E-state index contributed by atoms with van der Waals surface area (Å²) in [5.41, 5.74) is 0.981. The van der Waals surface area contributed by atoms with Gasteiger partial charge in [0.05, 0.1) is 18.4 Å². The molecule has 3 heterocycles. The molecule has 0 spiro atoms. The van der Waals surface area contributed by atoms with Crippen LogP contribution in [0.25, 0.3) is 0 Å². The molecular formula is C14H23N5O3S. The number of nitrogens with zero attached hydrogens (tertiary/aromatic N) is 4. The first-order valence-electron chi connectivity index (χ1n) is 7.95. The topological polar surface area (TPSA) is 89.6 Å². The first-order chi connectivity index (χ1) is 10.9. The van der Waals surface area contributed by atoms with Crippen LogP contribution in [-0.2, 0) is 21.4 Å². The van der Waals surface area contributed by atoms with Gasteiger partial charge in [0.15, 0.2) is 0 Å². The third kappa shape index (κ3) is 2.88. The fraction of sp³-hybridized carbons (Fsp3) is 0.714. The van der Waals surface area contributed by atoms with E-state index in [1.807, 2.05) is 11.8 Å². The molecule has 0 unspecified atom stereocenters. The van der Waals surface area contributed by atoms with Gasteiger partial charge in [0.25, 0.3) is 10.2 Å². The predicted molar refractivity (Wildman–Crippen MR) is 84.7 cm³/mol. The van der Waals surface area contributed by atoms with Crippen molar-refractivity contribution < 1.29 is 13.2 Å². The monoisotopic (exact) mass is 341 g/mol. The van der Waals surface area contributed by atoms with E-state index >= 15 is 0 Å². The SMILES string of the molecule is CCN(C)S(=O)(=O)N1CC[C@H]2[C@@H]1CC(=O)N2CCc1cnc[nH]1. The van der Waals surface area contributed by atoms with Gasteiger partial charge in [-0.15, -0.1) is 0 Å². The summed E-state index contributed by atoms with van der Waals surface area (Å²) in [5, 5.41) is 0. The minimum absolute atomic E-state index is 0.00884. The number of H-pyrrole nitrogens is 1. The van der Waals surface area contributed by atoms with Crippen LogP contribution in [0.1, 0.15) is 25.5 Å². The van der Waals surface area contributed by atoms with Crippen molar-refractivity contribution in [3.63, 3.8) is 0 Å². The molecule has 1 aromatic rings. The van der Waals surface area contributed by atoms with Crippen LogP contribution in [0, 0.1) is 0 Å². The molecular weight excluding hydrogens is 318 g/mol. The van der Waals surface area contributed by atoms with Crippen LogP contribution >= 0.6 is 0 Å². The maximum atomic E-state index is 12.6. The maximum absolute atomic E-state index is 12.6. The van der Waals surface area contributed by atoms with E-state index in [4.69, 9.17) is 0 Å². The minimum atomic E-state index is -3.48. The summed E-state index contributed by atoms with van der Waals surface area (Å²) < 4.78 is 28.0. The summed E-state index contributed by atoms with van der Waals surface area (Å²) >= 11 is 0. The molecule has 9 heteroatoms. The lowest BCUT2D eigenvalue weighted by atomic mass is 10.1. The van der Waals surface area contributed by atoms with Crippen LogP contribution in [0.3, 0.4) is 0 Å². The summed E-state index contributed by atoms with van der Waals surface area (Å²) in [6.07, 6.45) is 5.06. The van der Waals surface area contributed by atoms with E-state index in [-0.39, 0.29) is 24.4 Å². The Hall–Kier alpha value is -1.45. The number of hydrogen-bond donors (Lipinski definition) is 1. The Labute approximate surface area is 136 Å². The second-order valence-electron chi connectivity index (χ2n) is 6.07. The van der Waals surface area contributed by atoms with Crippen LogP contribution in [0.15, 0.2) is 12.5 Å². The number of imidazole rings is 1. The number of amides is 1. The molecule has 2 aliphatic rings. The average molecular weight is 341 g/mol. The van der Waals surface area contributed by atoms with E-state index in [2.05, 4.69) is 9.97 Å². The van der Waals surface area contributed by atoms with Gasteiger partial charge in [-0.2, -0.15) is 17.0 Å². The standard InChI is InChI=1S/C14H23N5O3S/c1-3-17(2)23(21,22)19-7-5-12-13(19)8-14(20)18(12)6-4-11-9-15-10-16-11/h9-10,12-13H,3-8H2,1-2H3,(H,15,16)/t12-,13-/m0/s1. The molecule has 2 atom stereocenters. The quantitative estimate of drug-likeness (QED) is 0.777. The Morgan fingerprint density at radius 1 is 1.43 bits per heavy atom. The largest absolute Gasteiger partial charge is 0.348 e. The molecule has 23 heavy (non-hydrogen) atoms. The second kappa shape index (κ2) is 6.21.